The highest BCUT2D eigenvalue weighted by Crippen LogP contribution is 2.28. The molecule has 0 spiro atoms. The summed E-state index contributed by atoms with van der Waals surface area (Å²) in [6.07, 6.45) is 10.4. The predicted octanol–water partition coefficient (Wildman–Crippen LogP) is 2.86. The lowest BCUT2D eigenvalue weighted by molar-refractivity contribution is 0.449. The molecule has 1 rings (SSSR count). The monoisotopic (exact) mass is 167 g/mol. The van der Waals surface area contributed by atoms with Crippen molar-refractivity contribution < 1.29 is 0 Å². The Kier molecular flexibility index (Phi) is 4.37. The Morgan fingerprint density at radius 1 is 1.42 bits per heavy atom. The maximum atomic E-state index is 5.50. The summed E-state index contributed by atoms with van der Waals surface area (Å²) in [6, 6.07) is 0. The van der Waals surface area contributed by atoms with Gasteiger partial charge in [-0.25, -0.2) is 0 Å². The fraction of sp³-hybridized carbons (Fsp3) is 0.818. The molecular formula is C11H21N. The smallest absolute Gasteiger partial charge is 0.0109 e. The molecule has 0 bridgehead atoms. The summed E-state index contributed by atoms with van der Waals surface area (Å²) in [5.41, 5.74) is 7.11. The Balaban J connectivity index is 2.39. The van der Waals surface area contributed by atoms with Crippen LogP contribution in [-0.2, 0) is 0 Å². The maximum absolute atomic E-state index is 5.50. The van der Waals surface area contributed by atoms with Gasteiger partial charge in [-0.3, -0.25) is 0 Å². The largest absolute Gasteiger partial charge is 0.327 e. The van der Waals surface area contributed by atoms with Crippen molar-refractivity contribution in [2.75, 3.05) is 6.54 Å². The number of allylic oxidation sites excluding steroid dienone is 1. The summed E-state index contributed by atoms with van der Waals surface area (Å²) < 4.78 is 0. The molecule has 1 saturated carbocycles. The van der Waals surface area contributed by atoms with Crippen molar-refractivity contribution in [2.24, 2.45) is 11.7 Å². The zero-order valence-corrected chi connectivity index (χ0v) is 8.18. The Labute approximate surface area is 76.0 Å². The first-order valence-electron chi connectivity index (χ1n) is 5.24. The van der Waals surface area contributed by atoms with Crippen molar-refractivity contribution in [1.29, 1.82) is 0 Å². The second-order valence-electron chi connectivity index (χ2n) is 3.80. The van der Waals surface area contributed by atoms with Gasteiger partial charge in [-0.05, 0) is 31.6 Å². The summed E-state index contributed by atoms with van der Waals surface area (Å²) in [7, 11) is 0. The van der Waals surface area contributed by atoms with Crippen molar-refractivity contribution in [3.05, 3.63) is 11.6 Å². The van der Waals surface area contributed by atoms with Crippen molar-refractivity contribution in [1.82, 2.24) is 0 Å². The van der Waals surface area contributed by atoms with E-state index in [2.05, 4.69) is 13.0 Å². The van der Waals surface area contributed by atoms with E-state index in [1.807, 2.05) is 0 Å². The van der Waals surface area contributed by atoms with Crippen LogP contribution in [0.5, 0.6) is 0 Å². The van der Waals surface area contributed by atoms with Gasteiger partial charge in [0.25, 0.3) is 0 Å². The molecule has 0 aromatic carbocycles. The molecule has 0 radical (unpaired) electrons. The van der Waals surface area contributed by atoms with E-state index in [0.29, 0.717) is 0 Å². The molecule has 0 saturated heterocycles. The van der Waals surface area contributed by atoms with Gasteiger partial charge in [0.15, 0.2) is 0 Å². The molecule has 0 aromatic rings. The minimum absolute atomic E-state index is 0.728. The normalized spacial score (nSPS) is 28.8. The lowest BCUT2D eigenvalue weighted by atomic mass is 9.98. The molecule has 70 valence electrons. The van der Waals surface area contributed by atoms with Gasteiger partial charge in [0.05, 0.1) is 0 Å². The molecule has 1 unspecified atom stereocenters. The molecule has 12 heavy (non-hydrogen) atoms. The molecule has 1 aliphatic rings. The molecule has 1 nitrogen and oxygen atoms in total. The number of hydrogen-bond donors (Lipinski definition) is 1. The molecule has 0 aromatic heterocycles. The molecule has 1 fully saturated rings. The molecule has 0 amide bonds. The van der Waals surface area contributed by atoms with E-state index in [1.165, 1.54) is 38.5 Å². The fourth-order valence-electron chi connectivity index (χ4n) is 2.06. The van der Waals surface area contributed by atoms with Crippen LogP contribution >= 0.6 is 0 Å². The van der Waals surface area contributed by atoms with Crippen LogP contribution in [0.2, 0.25) is 0 Å². The van der Waals surface area contributed by atoms with Gasteiger partial charge >= 0.3 is 0 Å². The van der Waals surface area contributed by atoms with Gasteiger partial charge in [0.2, 0.25) is 0 Å². The molecule has 0 aliphatic heterocycles. The van der Waals surface area contributed by atoms with Crippen molar-refractivity contribution in [3.8, 4) is 0 Å². The average Bonchev–Trinajstić information content (AvgIpc) is 2.31. The van der Waals surface area contributed by atoms with Crippen LogP contribution in [0.15, 0.2) is 11.6 Å². The molecular weight excluding hydrogens is 146 g/mol. The highest BCUT2D eigenvalue weighted by molar-refractivity contribution is 5.04. The van der Waals surface area contributed by atoms with E-state index in [1.54, 1.807) is 5.57 Å². The standard InChI is InChI=1S/C11H21N/c1-2-10-4-3-5-11(7-6-10)8-9-12/h8,10H,2-7,9,12H2,1H3/b11-8+. The summed E-state index contributed by atoms with van der Waals surface area (Å²) in [5.74, 6) is 0.980. The van der Waals surface area contributed by atoms with E-state index in [0.717, 1.165) is 12.5 Å². The molecule has 1 aliphatic carbocycles. The summed E-state index contributed by atoms with van der Waals surface area (Å²) >= 11 is 0. The van der Waals surface area contributed by atoms with Crippen LogP contribution in [0.1, 0.15) is 45.4 Å². The zero-order chi connectivity index (χ0) is 8.81. The van der Waals surface area contributed by atoms with E-state index >= 15 is 0 Å². The SMILES string of the molecule is CCC1CCC/C(=C\CN)CC1. The van der Waals surface area contributed by atoms with Crippen molar-refractivity contribution in [2.45, 2.75) is 45.4 Å². The molecule has 0 heterocycles. The van der Waals surface area contributed by atoms with Gasteiger partial charge in [-0.15, -0.1) is 0 Å². The lowest BCUT2D eigenvalue weighted by Gasteiger charge is -2.08. The first-order chi connectivity index (χ1) is 5.86. The van der Waals surface area contributed by atoms with Crippen LogP contribution in [0, 0.1) is 5.92 Å². The Bertz CT molecular complexity index is 149. The van der Waals surface area contributed by atoms with Gasteiger partial charge in [0, 0.05) is 6.54 Å². The van der Waals surface area contributed by atoms with Crippen LogP contribution in [0.25, 0.3) is 0 Å². The quantitative estimate of drug-likeness (QED) is 0.496. The van der Waals surface area contributed by atoms with Gasteiger partial charge in [-0.1, -0.05) is 31.4 Å². The topological polar surface area (TPSA) is 26.0 Å². The van der Waals surface area contributed by atoms with E-state index in [9.17, 15) is 0 Å². The van der Waals surface area contributed by atoms with Crippen LogP contribution in [0.4, 0.5) is 0 Å². The minimum atomic E-state index is 0.728. The minimum Gasteiger partial charge on any atom is -0.327 e. The average molecular weight is 167 g/mol. The van der Waals surface area contributed by atoms with Gasteiger partial charge in [0.1, 0.15) is 0 Å². The van der Waals surface area contributed by atoms with E-state index < -0.39 is 0 Å². The summed E-state index contributed by atoms with van der Waals surface area (Å²) in [6.45, 7) is 3.04. The third-order valence-corrected chi connectivity index (χ3v) is 2.97. The van der Waals surface area contributed by atoms with Crippen molar-refractivity contribution >= 4 is 0 Å². The highest BCUT2D eigenvalue weighted by Gasteiger charge is 2.11. The van der Waals surface area contributed by atoms with E-state index in [-0.39, 0.29) is 0 Å². The molecule has 2 N–H and O–H groups in total. The number of nitrogens with two attached hydrogens (primary N) is 1. The second kappa shape index (κ2) is 5.36. The van der Waals surface area contributed by atoms with Crippen molar-refractivity contribution in [3.63, 3.8) is 0 Å². The van der Waals surface area contributed by atoms with Crippen LogP contribution < -0.4 is 5.73 Å². The molecule has 1 atom stereocenters. The summed E-state index contributed by atoms with van der Waals surface area (Å²) in [5, 5.41) is 0. The molecule has 1 heteroatoms. The lowest BCUT2D eigenvalue weighted by Crippen LogP contribution is -1.96. The zero-order valence-electron chi connectivity index (χ0n) is 8.18. The van der Waals surface area contributed by atoms with Gasteiger partial charge in [-0.2, -0.15) is 0 Å². The van der Waals surface area contributed by atoms with Crippen LogP contribution in [-0.4, -0.2) is 6.54 Å². The van der Waals surface area contributed by atoms with Gasteiger partial charge < -0.3 is 5.73 Å². The first-order valence-corrected chi connectivity index (χ1v) is 5.24. The third-order valence-electron chi connectivity index (χ3n) is 2.97. The number of rotatable bonds is 2. The second-order valence-corrected chi connectivity index (χ2v) is 3.80. The highest BCUT2D eigenvalue weighted by atomic mass is 14.5. The number of hydrogen-bond acceptors (Lipinski definition) is 1. The Morgan fingerprint density at radius 3 is 2.92 bits per heavy atom. The predicted molar refractivity (Wildman–Crippen MR) is 54.0 cm³/mol. The van der Waals surface area contributed by atoms with Crippen LogP contribution in [0.3, 0.4) is 0 Å². The third kappa shape index (κ3) is 2.98. The summed E-state index contributed by atoms with van der Waals surface area (Å²) in [4.78, 5) is 0. The first kappa shape index (κ1) is 9.79. The fourth-order valence-corrected chi connectivity index (χ4v) is 2.06. The maximum Gasteiger partial charge on any atom is 0.0109 e. The Morgan fingerprint density at radius 2 is 2.25 bits per heavy atom. The Hall–Kier alpha value is -0.300. The van der Waals surface area contributed by atoms with E-state index in [4.69, 9.17) is 5.73 Å².